The van der Waals surface area contributed by atoms with Crippen molar-refractivity contribution in [1.29, 1.82) is 0 Å². The van der Waals surface area contributed by atoms with Crippen LogP contribution in [0.5, 0.6) is 0 Å². The minimum atomic E-state index is 1.06. The van der Waals surface area contributed by atoms with Gasteiger partial charge in [-0.1, -0.05) is 17.9 Å². The molecule has 0 amide bonds. The molecule has 0 aromatic carbocycles. The van der Waals surface area contributed by atoms with Crippen molar-refractivity contribution in [2.24, 2.45) is 0 Å². The Balaban J connectivity index is 2.18. The molecule has 1 nitrogen and oxygen atoms in total. The molecule has 0 unspecified atom stereocenters. The molecule has 0 aliphatic heterocycles. The van der Waals surface area contributed by atoms with E-state index >= 15 is 0 Å². The number of allylic oxidation sites excluding steroid dienone is 4. The van der Waals surface area contributed by atoms with Crippen LogP contribution in [0.3, 0.4) is 0 Å². The number of rotatable bonds is 3. The normalized spacial score (nSPS) is 19.4. The SMILES string of the molecule is CCN(C1=C=C(C)C1)C1=CC=CCC1. The average Bonchev–Trinajstić information content (AvgIpc) is 2.18. The third-order valence-corrected chi connectivity index (χ3v) is 2.77. The van der Waals surface area contributed by atoms with Crippen LogP contribution in [0.15, 0.2) is 40.9 Å². The fourth-order valence-electron chi connectivity index (χ4n) is 2.02. The summed E-state index contributed by atoms with van der Waals surface area (Å²) in [5, 5.41) is 0. The second-order valence-corrected chi connectivity index (χ2v) is 3.90. The molecule has 0 aromatic heterocycles. The first-order chi connectivity index (χ1) is 6.81. The lowest BCUT2D eigenvalue weighted by Gasteiger charge is -2.31. The maximum atomic E-state index is 3.39. The molecule has 0 radical (unpaired) electrons. The second kappa shape index (κ2) is 3.89. The van der Waals surface area contributed by atoms with Crippen molar-refractivity contribution in [2.45, 2.75) is 33.1 Å². The van der Waals surface area contributed by atoms with Crippen LogP contribution < -0.4 is 0 Å². The van der Waals surface area contributed by atoms with Crippen LogP contribution in [0.1, 0.15) is 33.1 Å². The van der Waals surface area contributed by atoms with Crippen LogP contribution in [0.4, 0.5) is 0 Å². The van der Waals surface area contributed by atoms with E-state index in [1.807, 2.05) is 0 Å². The fourth-order valence-corrected chi connectivity index (χ4v) is 2.02. The fraction of sp³-hybridized carbons (Fsp3) is 0.462. The van der Waals surface area contributed by atoms with Crippen LogP contribution >= 0.6 is 0 Å². The summed E-state index contributed by atoms with van der Waals surface area (Å²) in [4.78, 5) is 2.40. The van der Waals surface area contributed by atoms with Crippen molar-refractivity contribution in [3.63, 3.8) is 0 Å². The monoisotopic (exact) mass is 187 g/mol. The maximum Gasteiger partial charge on any atom is 0.0652 e. The summed E-state index contributed by atoms with van der Waals surface area (Å²) in [7, 11) is 0. The largest absolute Gasteiger partial charge is 0.342 e. The Kier molecular flexibility index (Phi) is 2.60. The molecule has 0 atom stereocenters. The molecule has 0 heterocycles. The Morgan fingerprint density at radius 3 is 2.79 bits per heavy atom. The van der Waals surface area contributed by atoms with Gasteiger partial charge in [0.15, 0.2) is 0 Å². The summed E-state index contributed by atoms with van der Waals surface area (Å²) >= 11 is 0. The molecule has 0 fully saturated rings. The van der Waals surface area contributed by atoms with Crippen molar-refractivity contribution < 1.29 is 0 Å². The van der Waals surface area contributed by atoms with Crippen molar-refractivity contribution >= 4 is 0 Å². The zero-order valence-electron chi connectivity index (χ0n) is 9.01. The van der Waals surface area contributed by atoms with Crippen LogP contribution in [0.25, 0.3) is 0 Å². The molecule has 1 heteroatoms. The lowest BCUT2D eigenvalue weighted by Crippen LogP contribution is -2.24. The summed E-state index contributed by atoms with van der Waals surface area (Å²) in [6.45, 7) is 5.42. The Labute approximate surface area is 86.1 Å². The molecule has 0 aromatic rings. The smallest absolute Gasteiger partial charge is 0.0652 e. The predicted octanol–water partition coefficient (Wildman–Crippen LogP) is 3.38. The van der Waals surface area contributed by atoms with Crippen molar-refractivity contribution in [3.8, 4) is 0 Å². The molecule has 0 spiro atoms. The maximum absolute atomic E-state index is 3.39. The number of nitrogens with zero attached hydrogens (tertiary/aromatic N) is 1. The first-order valence-corrected chi connectivity index (χ1v) is 5.39. The molecule has 0 saturated carbocycles. The van der Waals surface area contributed by atoms with Crippen molar-refractivity contribution in [2.75, 3.05) is 6.54 Å². The van der Waals surface area contributed by atoms with Gasteiger partial charge in [0.05, 0.1) is 5.70 Å². The van der Waals surface area contributed by atoms with E-state index in [2.05, 4.69) is 42.7 Å². The van der Waals surface area contributed by atoms with Gasteiger partial charge in [-0.2, -0.15) is 0 Å². The quantitative estimate of drug-likeness (QED) is 0.612. The highest BCUT2D eigenvalue weighted by atomic mass is 15.1. The van der Waals surface area contributed by atoms with E-state index in [9.17, 15) is 0 Å². The van der Waals surface area contributed by atoms with E-state index in [4.69, 9.17) is 0 Å². The highest BCUT2D eigenvalue weighted by Crippen LogP contribution is 2.28. The van der Waals surface area contributed by atoms with E-state index in [-0.39, 0.29) is 0 Å². The van der Waals surface area contributed by atoms with Crippen molar-refractivity contribution in [3.05, 3.63) is 40.9 Å². The van der Waals surface area contributed by atoms with E-state index in [1.54, 1.807) is 0 Å². The van der Waals surface area contributed by atoms with Gasteiger partial charge >= 0.3 is 0 Å². The molecule has 2 aliphatic rings. The predicted molar refractivity (Wildman–Crippen MR) is 59.7 cm³/mol. The topological polar surface area (TPSA) is 3.24 Å². The summed E-state index contributed by atoms with van der Waals surface area (Å²) in [6.07, 6.45) is 10.1. The summed E-state index contributed by atoms with van der Waals surface area (Å²) in [5.74, 6) is 0. The lowest BCUT2D eigenvalue weighted by atomic mass is 10.0. The Morgan fingerprint density at radius 1 is 1.50 bits per heavy atom. The van der Waals surface area contributed by atoms with Gasteiger partial charge in [0, 0.05) is 18.7 Å². The zero-order valence-corrected chi connectivity index (χ0v) is 9.01. The van der Waals surface area contributed by atoms with Gasteiger partial charge in [0.1, 0.15) is 0 Å². The van der Waals surface area contributed by atoms with Crippen molar-refractivity contribution in [1.82, 2.24) is 4.90 Å². The molecule has 2 aliphatic carbocycles. The van der Waals surface area contributed by atoms with Gasteiger partial charge in [-0.05, 0) is 38.3 Å². The number of hydrogen-bond donors (Lipinski definition) is 0. The highest BCUT2D eigenvalue weighted by molar-refractivity contribution is 5.29. The van der Waals surface area contributed by atoms with Gasteiger partial charge in [0.2, 0.25) is 0 Å². The molecular weight excluding hydrogens is 170 g/mol. The molecule has 74 valence electrons. The van der Waals surface area contributed by atoms with Gasteiger partial charge in [-0.3, -0.25) is 0 Å². The lowest BCUT2D eigenvalue weighted by molar-refractivity contribution is 0.414. The number of hydrogen-bond acceptors (Lipinski definition) is 1. The zero-order chi connectivity index (χ0) is 9.97. The molecule has 14 heavy (non-hydrogen) atoms. The summed E-state index contributed by atoms with van der Waals surface area (Å²) in [6, 6.07) is 0. The third-order valence-electron chi connectivity index (χ3n) is 2.77. The minimum absolute atomic E-state index is 1.06. The van der Waals surface area contributed by atoms with E-state index in [0.29, 0.717) is 0 Å². The Morgan fingerprint density at radius 2 is 2.29 bits per heavy atom. The summed E-state index contributed by atoms with van der Waals surface area (Å²) in [5.41, 5.74) is 7.58. The van der Waals surface area contributed by atoms with E-state index in [1.165, 1.54) is 29.8 Å². The van der Waals surface area contributed by atoms with Gasteiger partial charge < -0.3 is 4.90 Å². The van der Waals surface area contributed by atoms with Gasteiger partial charge in [-0.15, -0.1) is 0 Å². The molecular formula is C13H17N. The standard InChI is InChI=1S/C13H17N/c1-3-14(13-9-11(2)10-13)12-7-5-4-6-8-12/h4-5,7H,3,6,8-9H2,1-2H3. The van der Waals surface area contributed by atoms with Crippen LogP contribution in [-0.2, 0) is 0 Å². The van der Waals surface area contributed by atoms with E-state index < -0.39 is 0 Å². The molecule has 0 N–H and O–H groups in total. The first kappa shape index (κ1) is 9.36. The van der Waals surface area contributed by atoms with Crippen LogP contribution in [-0.4, -0.2) is 11.4 Å². The van der Waals surface area contributed by atoms with Crippen LogP contribution in [0, 0.1) is 0 Å². The summed E-state index contributed by atoms with van der Waals surface area (Å²) < 4.78 is 0. The average molecular weight is 187 g/mol. The van der Waals surface area contributed by atoms with Gasteiger partial charge in [0.25, 0.3) is 0 Å². The highest BCUT2D eigenvalue weighted by Gasteiger charge is 2.17. The molecule has 0 saturated heterocycles. The molecule has 0 bridgehead atoms. The Bertz CT molecular complexity index is 351. The third kappa shape index (κ3) is 1.69. The first-order valence-electron chi connectivity index (χ1n) is 5.39. The van der Waals surface area contributed by atoms with Crippen LogP contribution in [0.2, 0.25) is 0 Å². The van der Waals surface area contributed by atoms with E-state index in [0.717, 1.165) is 13.0 Å². The van der Waals surface area contributed by atoms with Gasteiger partial charge in [-0.25, -0.2) is 0 Å². The Hall–Kier alpha value is -1.20. The molecule has 2 rings (SSSR count). The second-order valence-electron chi connectivity index (χ2n) is 3.90. The minimum Gasteiger partial charge on any atom is -0.342 e.